The highest BCUT2D eigenvalue weighted by atomic mass is 32.2. The number of nitrogens with zero attached hydrogens (tertiary/aromatic N) is 1. The van der Waals surface area contributed by atoms with E-state index >= 15 is 0 Å². The van der Waals surface area contributed by atoms with Gasteiger partial charge in [0.25, 0.3) is 0 Å². The van der Waals surface area contributed by atoms with Crippen molar-refractivity contribution in [3.8, 4) is 0 Å². The third-order valence-electron chi connectivity index (χ3n) is 7.83. The Labute approximate surface area is 165 Å². The van der Waals surface area contributed by atoms with E-state index in [1.807, 2.05) is 0 Å². The first-order valence-electron chi connectivity index (χ1n) is 11.2. The van der Waals surface area contributed by atoms with Gasteiger partial charge in [0.15, 0.2) is 15.8 Å². The zero-order chi connectivity index (χ0) is 19.0. The molecule has 154 valence electrons. The topological polar surface area (TPSA) is 70.6 Å². The lowest BCUT2D eigenvalue weighted by Crippen LogP contribution is -2.50. The Balaban J connectivity index is 1.39. The number of guanidine groups is 1. The van der Waals surface area contributed by atoms with Gasteiger partial charge in [-0.15, -0.1) is 0 Å². The minimum absolute atomic E-state index is 0.193. The summed E-state index contributed by atoms with van der Waals surface area (Å²) in [6, 6.07) is 1.05. The van der Waals surface area contributed by atoms with Crippen molar-refractivity contribution in [3.05, 3.63) is 0 Å². The van der Waals surface area contributed by atoms with Gasteiger partial charge in [-0.1, -0.05) is 20.3 Å². The van der Waals surface area contributed by atoms with Crippen molar-refractivity contribution >= 4 is 15.8 Å². The Kier molecular flexibility index (Phi) is 5.73. The van der Waals surface area contributed by atoms with E-state index in [-0.39, 0.29) is 5.92 Å². The van der Waals surface area contributed by atoms with Gasteiger partial charge >= 0.3 is 0 Å². The molecule has 0 aromatic rings. The maximum Gasteiger partial charge on any atom is 0.191 e. The molecule has 4 rings (SSSR count). The van der Waals surface area contributed by atoms with Crippen LogP contribution in [-0.4, -0.2) is 44.5 Å². The van der Waals surface area contributed by atoms with Gasteiger partial charge in [0.2, 0.25) is 0 Å². The molecule has 7 atom stereocenters. The highest BCUT2D eigenvalue weighted by Gasteiger charge is 2.40. The molecule has 4 fully saturated rings. The fraction of sp³-hybridized carbons (Fsp3) is 0.952. The van der Waals surface area contributed by atoms with Crippen LogP contribution in [-0.2, 0) is 9.84 Å². The molecule has 0 radical (unpaired) electrons. The normalized spacial score (nSPS) is 43.8. The Morgan fingerprint density at radius 2 is 1.81 bits per heavy atom. The van der Waals surface area contributed by atoms with Gasteiger partial charge < -0.3 is 10.6 Å². The molecule has 5 nitrogen and oxygen atoms in total. The summed E-state index contributed by atoms with van der Waals surface area (Å²) in [5.41, 5.74) is 0. The van der Waals surface area contributed by atoms with Crippen molar-refractivity contribution in [1.29, 1.82) is 0 Å². The molecule has 3 saturated carbocycles. The Morgan fingerprint density at radius 1 is 0.963 bits per heavy atom. The zero-order valence-corrected chi connectivity index (χ0v) is 17.8. The lowest BCUT2D eigenvalue weighted by Gasteiger charge is -2.34. The van der Waals surface area contributed by atoms with E-state index in [2.05, 4.69) is 24.5 Å². The smallest absolute Gasteiger partial charge is 0.191 e. The molecule has 1 saturated heterocycles. The van der Waals surface area contributed by atoms with E-state index in [0.717, 1.165) is 36.1 Å². The second-order valence-electron chi connectivity index (χ2n) is 9.99. The van der Waals surface area contributed by atoms with Gasteiger partial charge in [-0.05, 0) is 74.5 Å². The first-order valence-corrected chi connectivity index (χ1v) is 13.0. The average Bonchev–Trinajstić information content (AvgIpc) is 3.31. The number of sulfone groups is 1. The van der Waals surface area contributed by atoms with Crippen LogP contribution < -0.4 is 10.6 Å². The van der Waals surface area contributed by atoms with Gasteiger partial charge in [-0.25, -0.2) is 8.42 Å². The summed E-state index contributed by atoms with van der Waals surface area (Å²) < 4.78 is 23.5. The molecule has 2 N–H and O–H groups in total. The molecule has 2 bridgehead atoms. The maximum absolute atomic E-state index is 11.8. The largest absolute Gasteiger partial charge is 0.354 e. The first-order chi connectivity index (χ1) is 12.9. The SMILES string of the molecule is CC1CCC(NC(=NCC2CCS(=O)(=O)C2)NC2CC3CCC2C3)CC1C. The van der Waals surface area contributed by atoms with Gasteiger partial charge in [-0.2, -0.15) is 0 Å². The standard InChI is InChI=1S/C21H37N3O2S/c1-14-3-6-19(9-15(14)2)23-21(22-12-17-7-8-27(25,26)13-17)24-20-11-16-4-5-18(20)10-16/h14-20H,3-13H2,1-2H3,(H2,22,23,24). The van der Waals surface area contributed by atoms with Crippen molar-refractivity contribution in [2.75, 3.05) is 18.1 Å². The highest BCUT2D eigenvalue weighted by molar-refractivity contribution is 7.91. The van der Waals surface area contributed by atoms with Crippen molar-refractivity contribution in [1.82, 2.24) is 10.6 Å². The zero-order valence-electron chi connectivity index (χ0n) is 17.0. The first kappa shape index (κ1) is 19.5. The van der Waals surface area contributed by atoms with Crippen molar-refractivity contribution in [2.24, 2.45) is 34.6 Å². The Morgan fingerprint density at radius 3 is 2.44 bits per heavy atom. The molecule has 0 spiro atoms. The van der Waals surface area contributed by atoms with Crippen LogP contribution in [0.15, 0.2) is 4.99 Å². The number of rotatable bonds is 4. The number of fused-ring (bicyclic) bond motifs is 2. The number of hydrogen-bond acceptors (Lipinski definition) is 3. The third-order valence-corrected chi connectivity index (χ3v) is 9.67. The predicted octanol–water partition coefficient (Wildman–Crippen LogP) is 2.97. The molecule has 7 unspecified atom stereocenters. The van der Waals surface area contributed by atoms with Crippen molar-refractivity contribution < 1.29 is 8.42 Å². The molecule has 27 heavy (non-hydrogen) atoms. The van der Waals surface area contributed by atoms with Crippen LogP contribution in [0.1, 0.15) is 65.2 Å². The van der Waals surface area contributed by atoms with Crippen LogP contribution in [0.5, 0.6) is 0 Å². The number of nitrogens with one attached hydrogen (secondary N) is 2. The van der Waals surface area contributed by atoms with Crippen LogP contribution in [0, 0.1) is 29.6 Å². The fourth-order valence-corrected chi connectivity index (χ4v) is 7.69. The van der Waals surface area contributed by atoms with Crippen molar-refractivity contribution in [3.63, 3.8) is 0 Å². The summed E-state index contributed by atoms with van der Waals surface area (Å²) in [5.74, 6) is 5.07. The van der Waals surface area contributed by atoms with E-state index in [1.165, 1.54) is 44.9 Å². The van der Waals surface area contributed by atoms with E-state index in [1.54, 1.807) is 0 Å². The molecule has 6 heteroatoms. The molecule has 1 aliphatic heterocycles. The number of hydrogen-bond donors (Lipinski definition) is 2. The minimum atomic E-state index is -2.82. The van der Waals surface area contributed by atoms with Crippen LogP contribution in [0.3, 0.4) is 0 Å². The van der Waals surface area contributed by atoms with Crippen LogP contribution in [0.4, 0.5) is 0 Å². The summed E-state index contributed by atoms with van der Waals surface area (Å²) in [4.78, 5) is 4.89. The van der Waals surface area contributed by atoms with Crippen LogP contribution in [0.25, 0.3) is 0 Å². The lowest BCUT2D eigenvalue weighted by molar-refractivity contribution is 0.238. The summed E-state index contributed by atoms with van der Waals surface area (Å²) in [5, 5.41) is 7.48. The van der Waals surface area contributed by atoms with Gasteiger partial charge in [-0.3, -0.25) is 4.99 Å². The molecule has 4 aliphatic rings. The second kappa shape index (κ2) is 7.92. The molecular formula is C21H37N3O2S. The van der Waals surface area contributed by atoms with Gasteiger partial charge in [0.05, 0.1) is 11.5 Å². The molecular weight excluding hydrogens is 358 g/mol. The predicted molar refractivity (Wildman–Crippen MR) is 111 cm³/mol. The Hall–Kier alpha value is -0.780. The monoisotopic (exact) mass is 395 g/mol. The third kappa shape index (κ3) is 4.80. The quantitative estimate of drug-likeness (QED) is 0.567. The minimum Gasteiger partial charge on any atom is -0.354 e. The van der Waals surface area contributed by atoms with Gasteiger partial charge in [0, 0.05) is 18.6 Å². The average molecular weight is 396 g/mol. The molecule has 0 amide bonds. The Bertz CT molecular complexity index is 662. The number of aliphatic imine (C=N–C) groups is 1. The molecule has 1 heterocycles. The molecule has 0 aromatic heterocycles. The van der Waals surface area contributed by atoms with E-state index in [9.17, 15) is 8.42 Å². The lowest BCUT2D eigenvalue weighted by atomic mass is 9.79. The van der Waals surface area contributed by atoms with E-state index < -0.39 is 9.84 Å². The molecule has 3 aliphatic carbocycles. The summed E-state index contributed by atoms with van der Waals surface area (Å²) >= 11 is 0. The summed E-state index contributed by atoms with van der Waals surface area (Å²) in [6.45, 7) is 5.36. The fourth-order valence-electron chi connectivity index (χ4n) is 5.84. The van der Waals surface area contributed by atoms with Gasteiger partial charge in [0.1, 0.15) is 0 Å². The van der Waals surface area contributed by atoms with Crippen LogP contribution >= 0.6 is 0 Å². The second-order valence-corrected chi connectivity index (χ2v) is 12.2. The van der Waals surface area contributed by atoms with Crippen LogP contribution in [0.2, 0.25) is 0 Å². The summed E-state index contributed by atoms with van der Waals surface area (Å²) in [6.07, 6.45) is 9.88. The van der Waals surface area contributed by atoms with Crippen molar-refractivity contribution in [2.45, 2.75) is 77.3 Å². The molecule has 0 aromatic carbocycles. The summed E-state index contributed by atoms with van der Waals surface area (Å²) in [7, 11) is -2.82. The van der Waals surface area contributed by atoms with E-state index in [4.69, 9.17) is 4.99 Å². The van der Waals surface area contributed by atoms with E-state index in [0.29, 0.717) is 30.1 Å². The highest BCUT2D eigenvalue weighted by Crippen LogP contribution is 2.44. The maximum atomic E-state index is 11.8.